The van der Waals surface area contributed by atoms with E-state index in [4.69, 9.17) is 0 Å². The van der Waals surface area contributed by atoms with Crippen molar-refractivity contribution in [3.63, 3.8) is 0 Å². The van der Waals surface area contributed by atoms with E-state index in [1.165, 1.54) is 12.8 Å². The minimum Gasteiger partial charge on any atom is -0.348 e. The Bertz CT molecular complexity index is 599. The molecular weight excluding hydrogens is 270 g/mol. The zero-order valence-electron chi connectivity index (χ0n) is 12.2. The first-order chi connectivity index (χ1) is 9.43. The minimum absolute atomic E-state index is 0.00226. The van der Waals surface area contributed by atoms with Crippen molar-refractivity contribution in [3.05, 3.63) is 16.8 Å². The Balaban J connectivity index is 1.65. The Morgan fingerprint density at radius 2 is 2.15 bits per heavy atom. The number of aromatic nitrogens is 2. The van der Waals surface area contributed by atoms with Crippen molar-refractivity contribution in [2.24, 2.45) is 5.41 Å². The number of hydrogen-bond donors (Lipinski definition) is 2. The number of amides is 1. The van der Waals surface area contributed by atoms with E-state index in [0.717, 1.165) is 28.2 Å². The van der Waals surface area contributed by atoms with Crippen LogP contribution >= 0.6 is 11.3 Å². The van der Waals surface area contributed by atoms with Gasteiger partial charge in [-0.05, 0) is 44.1 Å². The van der Waals surface area contributed by atoms with Crippen molar-refractivity contribution in [1.82, 2.24) is 15.3 Å². The van der Waals surface area contributed by atoms with Crippen LogP contribution in [0.3, 0.4) is 0 Å². The number of H-pyrrole nitrogens is 1. The van der Waals surface area contributed by atoms with Gasteiger partial charge in [0.15, 0.2) is 0 Å². The first-order valence-corrected chi connectivity index (χ1v) is 8.02. The van der Waals surface area contributed by atoms with Crippen molar-refractivity contribution in [1.29, 1.82) is 0 Å². The first-order valence-electron chi connectivity index (χ1n) is 7.20. The number of rotatable bonds is 2. The molecule has 1 amide bonds. The van der Waals surface area contributed by atoms with Crippen LogP contribution in [-0.4, -0.2) is 21.9 Å². The molecule has 108 valence electrons. The molecule has 0 saturated heterocycles. The van der Waals surface area contributed by atoms with E-state index in [1.807, 2.05) is 13.0 Å². The van der Waals surface area contributed by atoms with E-state index >= 15 is 0 Å². The molecule has 0 atom stereocenters. The van der Waals surface area contributed by atoms with Gasteiger partial charge >= 0.3 is 0 Å². The van der Waals surface area contributed by atoms with Crippen molar-refractivity contribution >= 4 is 27.6 Å². The molecule has 20 heavy (non-hydrogen) atoms. The number of thiazole rings is 1. The Kier molecular flexibility index (Phi) is 3.32. The highest BCUT2D eigenvalue weighted by Crippen LogP contribution is 2.35. The lowest BCUT2D eigenvalue weighted by Crippen LogP contribution is -2.39. The van der Waals surface area contributed by atoms with Gasteiger partial charge in [0, 0.05) is 6.04 Å². The van der Waals surface area contributed by atoms with E-state index in [-0.39, 0.29) is 5.91 Å². The predicted molar refractivity (Wildman–Crippen MR) is 82.2 cm³/mol. The maximum atomic E-state index is 12.3. The molecule has 1 aliphatic rings. The molecule has 0 spiro atoms. The quantitative estimate of drug-likeness (QED) is 0.887. The van der Waals surface area contributed by atoms with Gasteiger partial charge in [0.05, 0.1) is 9.71 Å². The molecule has 1 aliphatic carbocycles. The van der Waals surface area contributed by atoms with Gasteiger partial charge in [-0.3, -0.25) is 4.79 Å². The molecule has 1 fully saturated rings. The standard InChI is InChI=1S/C15H21N3OS/c1-9-16-13-12(20-9)8-11(18-13)14(19)17-10-4-6-15(2,3)7-5-10/h8,10,18H,4-7H2,1-3H3,(H,17,19). The van der Waals surface area contributed by atoms with Gasteiger partial charge < -0.3 is 10.3 Å². The van der Waals surface area contributed by atoms with Crippen LogP contribution in [0.15, 0.2) is 6.07 Å². The van der Waals surface area contributed by atoms with Crippen molar-refractivity contribution in [2.75, 3.05) is 0 Å². The molecule has 3 rings (SSSR count). The summed E-state index contributed by atoms with van der Waals surface area (Å²) in [5, 5.41) is 4.17. The number of aromatic amines is 1. The third kappa shape index (κ3) is 2.73. The third-order valence-corrected chi connectivity index (χ3v) is 5.13. The summed E-state index contributed by atoms with van der Waals surface area (Å²) >= 11 is 1.61. The normalized spacial score (nSPS) is 19.4. The topological polar surface area (TPSA) is 57.8 Å². The van der Waals surface area contributed by atoms with Crippen LogP contribution in [0.1, 0.15) is 55.0 Å². The first kappa shape index (κ1) is 13.6. The van der Waals surface area contributed by atoms with E-state index in [1.54, 1.807) is 11.3 Å². The highest BCUT2D eigenvalue weighted by Gasteiger charge is 2.28. The van der Waals surface area contributed by atoms with Crippen LogP contribution in [-0.2, 0) is 0 Å². The maximum Gasteiger partial charge on any atom is 0.268 e. The largest absolute Gasteiger partial charge is 0.348 e. The van der Waals surface area contributed by atoms with Crippen LogP contribution in [0, 0.1) is 12.3 Å². The highest BCUT2D eigenvalue weighted by molar-refractivity contribution is 7.18. The number of fused-ring (bicyclic) bond motifs is 1. The second-order valence-corrected chi connectivity index (χ2v) is 7.78. The summed E-state index contributed by atoms with van der Waals surface area (Å²) in [6.45, 7) is 6.58. The van der Waals surface area contributed by atoms with Crippen molar-refractivity contribution in [2.45, 2.75) is 52.5 Å². The van der Waals surface area contributed by atoms with E-state index in [0.29, 0.717) is 17.2 Å². The van der Waals surface area contributed by atoms with Crippen LogP contribution in [0.5, 0.6) is 0 Å². The lowest BCUT2D eigenvalue weighted by Gasteiger charge is -2.34. The van der Waals surface area contributed by atoms with Crippen LogP contribution < -0.4 is 5.32 Å². The fourth-order valence-corrected chi connectivity index (χ4v) is 3.68. The molecule has 2 N–H and O–H groups in total. The van der Waals surface area contributed by atoms with E-state index in [2.05, 4.69) is 29.1 Å². The SMILES string of the molecule is Cc1nc2[nH]c(C(=O)NC3CCC(C)(C)CC3)cc2s1. The zero-order chi connectivity index (χ0) is 14.3. The van der Waals surface area contributed by atoms with Crippen LogP contribution in [0.4, 0.5) is 0 Å². The van der Waals surface area contributed by atoms with Gasteiger partial charge in [0.25, 0.3) is 5.91 Å². The minimum atomic E-state index is -0.00226. The van der Waals surface area contributed by atoms with Gasteiger partial charge in [-0.2, -0.15) is 0 Å². The molecule has 4 nitrogen and oxygen atoms in total. The van der Waals surface area contributed by atoms with Gasteiger partial charge in [0.2, 0.25) is 0 Å². The Morgan fingerprint density at radius 3 is 2.80 bits per heavy atom. The average molecular weight is 291 g/mol. The van der Waals surface area contributed by atoms with Gasteiger partial charge in [-0.25, -0.2) is 4.98 Å². The summed E-state index contributed by atoms with van der Waals surface area (Å²) in [7, 11) is 0. The molecule has 2 heterocycles. The van der Waals surface area contributed by atoms with Gasteiger partial charge in [-0.1, -0.05) is 13.8 Å². The van der Waals surface area contributed by atoms with Crippen LogP contribution in [0.25, 0.3) is 10.3 Å². The molecular formula is C15H21N3OS. The molecule has 0 bridgehead atoms. The fourth-order valence-electron chi connectivity index (χ4n) is 2.85. The molecule has 0 unspecified atom stereocenters. The maximum absolute atomic E-state index is 12.3. The molecule has 2 aromatic heterocycles. The number of nitrogens with zero attached hydrogens (tertiary/aromatic N) is 1. The number of hydrogen-bond acceptors (Lipinski definition) is 3. The number of carbonyl (C=O) groups excluding carboxylic acids is 1. The molecule has 2 aromatic rings. The number of nitrogens with one attached hydrogen (secondary N) is 2. The molecule has 0 radical (unpaired) electrons. The lowest BCUT2D eigenvalue weighted by atomic mass is 9.75. The fraction of sp³-hybridized carbons (Fsp3) is 0.600. The summed E-state index contributed by atoms with van der Waals surface area (Å²) < 4.78 is 1.05. The Hall–Kier alpha value is -1.36. The van der Waals surface area contributed by atoms with Crippen molar-refractivity contribution < 1.29 is 4.79 Å². The summed E-state index contributed by atoms with van der Waals surface area (Å²) in [5.74, 6) is -0.00226. The third-order valence-electron chi connectivity index (χ3n) is 4.21. The molecule has 0 aromatic carbocycles. The Morgan fingerprint density at radius 1 is 1.45 bits per heavy atom. The number of carbonyl (C=O) groups is 1. The second-order valence-electron chi connectivity index (χ2n) is 6.54. The van der Waals surface area contributed by atoms with E-state index in [9.17, 15) is 4.79 Å². The number of aryl methyl sites for hydroxylation is 1. The van der Waals surface area contributed by atoms with E-state index < -0.39 is 0 Å². The lowest BCUT2D eigenvalue weighted by molar-refractivity contribution is 0.0905. The monoisotopic (exact) mass is 291 g/mol. The summed E-state index contributed by atoms with van der Waals surface area (Å²) in [5.41, 5.74) is 1.88. The van der Waals surface area contributed by atoms with Crippen molar-refractivity contribution in [3.8, 4) is 0 Å². The predicted octanol–water partition coefficient (Wildman–Crippen LogP) is 3.63. The van der Waals surface area contributed by atoms with Crippen LogP contribution in [0.2, 0.25) is 0 Å². The average Bonchev–Trinajstić information content (AvgIpc) is 2.89. The summed E-state index contributed by atoms with van der Waals surface area (Å²) in [6, 6.07) is 2.22. The smallest absolute Gasteiger partial charge is 0.268 e. The summed E-state index contributed by atoms with van der Waals surface area (Å²) in [6.07, 6.45) is 4.51. The molecule has 5 heteroatoms. The second kappa shape index (κ2) is 4.88. The van der Waals surface area contributed by atoms with Gasteiger partial charge in [-0.15, -0.1) is 11.3 Å². The molecule has 0 aliphatic heterocycles. The zero-order valence-corrected chi connectivity index (χ0v) is 13.1. The van der Waals surface area contributed by atoms with Gasteiger partial charge in [0.1, 0.15) is 11.3 Å². The highest BCUT2D eigenvalue weighted by atomic mass is 32.1. The summed E-state index contributed by atoms with van der Waals surface area (Å²) in [4.78, 5) is 19.7. The molecule has 1 saturated carbocycles. The Labute approximate surface area is 123 Å².